The lowest BCUT2D eigenvalue weighted by molar-refractivity contribution is -0.120. The summed E-state index contributed by atoms with van der Waals surface area (Å²) >= 11 is 0. The molecule has 0 unspecified atom stereocenters. The zero-order valence-corrected chi connectivity index (χ0v) is 12.9. The smallest absolute Gasteiger partial charge is 0.221 e. The summed E-state index contributed by atoms with van der Waals surface area (Å²) in [7, 11) is 2.98. The molecule has 0 radical (unpaired) electrons. The predicted octanol–water partition coefficient (Wildman–Crippen LogP) is 1.42. The van der Waals surface area contributed by atoms with Crippen LogP contribution in [0.1, 0.15) is 25.3 Å². The van der Waals surface area contributed by atoms with Gasteiger partial charge in [0, 0.05) is 26.1 Å². The summed E-state index contributed by atoms with van der Waals surface area (Å²) in [5.74, 6) is 0.770. The second kappa shape index (κ2) is 9.07. The topological polar surface area (TPSA) is 79.8 Å². The third kappa shape index (κ3) is 5.51. The Hall–Kier alpha value is -1.95. The number of carbonyl (C=O) groups excluding carboxylic acids is 1. The van der Waals surface area contributed by atoms with E-state index in [1.807, 2.05) is 6.92 Å². The fraction of sp³-hybridized carbons (Fsp3) is 0.533. The van der Waals surface area contributed by atoms with E-state index in [-0.39, 0.29) is 11.7 Å². The SMILES string of the molecule is CCCNC(=O)CCNCc1cc(OC)c(O)c(OC)c1. The fourth-order valence-electron chi connectivity index (χ4n) is 1.84. The first-order chi connectivity index (χ1) is 10.1. The lowest BCUT2D eigenvalue weighted by atomic mass is 10.1. The van der Waals surface area contributed by atoms with E-state index < -0.39 is 0 Å². The maximum Gasteiger partial charge on any atom is 0.221 e. The molecular formula is C15H24N2O4. The van der Waals surface area contributed by atoms with Gasteiger partial charge in [0.1, 0.15) is 0 Å². The molecule has 1 aromatic carbocycles. The molecule has 0 heterocycles. The fourth-order valence-corrected chi connectivity index (χ4v) is 1.84. The van der Waals surface area contributed by atoms with Crippen LogP contribution in [0.2, 0.25) is 0 Å². The molecule has 1 rings (SSSR count). The molecule has 118 valence electrons. The zero-order chi connectivity index (χ0) is 15.7. The normalized spacial score (nSPS) is 10.2. The standard InChI is InChI=1S/C15H24N2O4/c1-4-6-17-14(18)5-7-16-10-11-8-12(20-2)15(19)13(9-11)21-3/h8-9,16,19H,4-7,10H2,1-3H3,(H,17,18). The van der Waals surface area contributed by atoms with Crippen molar-refractivity contribution in [2.75, 3.05) is 27.3 Å². The molecule has 0 aliphatic rings. The van der Waals surface area contributed by atoms with Crippen LogP contribution in [0.5, 0.6) is 17.2 Å². The maximum absolute atomic E-state index is 11.4. The van der Waals surface area contributed by atoms with Crippen LogP contribution in [0.4, 0.5) is 0 Å². The van der Waals surface area contributed by atoms with Crippen molar-refractivity contribution in [1.82, 2.24) is 10.6 Å². The van der Waals surface area contributed by atoms with Crippen LogP contribution in [0.15, 0.2) is 12.1 Å². The van der Waals surface area contributed by atoms with Crippen molar-refractivity contribution in [3.8, 4) is 17.2 Å². The highest BCUT2D eigenvalue weighted by Crippen LogP contribution is 2.36. The molecule has 0 aliphatic carbocycles. The van der Waals surface area contributed by atoms with Gasteiger partial charge in [-0.05, 0) is 24.1 Å². The molecule has 1 amide bonds. The minimum atomic E-state index is -0.0114. The predicted molar refractivity (Wildman–Crippen MR) is 80.8 cm³/mol. The Morgan fingerprint density at radius 1 is 1.19 bits per heavy atom. The summed E-state index contributed by atoms with van der Waals surface area (Å²) in [6.45, 7) is 3.88. The van der Waals surface area contributed by atoms with Crippen molar-refractivity contribution < 1.29 is 19.4 Å². The summed E-state index contributed by atoms with van der Waals surface area (Å²) in [4.78, 5) is 11.4. The average molecular weight is 296 g/mol. The van der Waals surface area contributed by atoms with Gasteiger partial charge in [-0.2, -0.15) is 0 Å². The van der Waals surface area contributed by atoms with E-state index in [9.17, 15) is 9.90 Å². The number of nitrogens with one attached hydrogen (secondary N) is 2. The second-order valence-electron chi connectivity index (χ2n) is 4.63. The number of carbonyl (C=O) groups is 1. The summed E-state index contributed by atoms with van der Waals surface area (Å²) in [5.41, 5.74) is 0.912. The summed E-state index contributed by atoms with van der Waals surface area (Å²) in [6, 6.07) is 3.48. The molecule has 0 aliphatic heterocycles. The second-order valence-corrected chi connectivity index (χ2v) is 4.63. The van der Waals surface area contributed by atoms with Crippen molar-refractivity contribution in [3.05, 3.63) is 17.7 Å². The van der Waals surface area contributed by atoms with Gasteiger partial charge < -0.3 is 25.2 Å². The Labute approximate surface area is 125 Å². The van der Waals surface area contributed by atoms with Crippen molar-refractivity contribution in [3.63, 3.8) is 0 Å². The van der Waals surface area contributed by atoms with Crippen LogP contribution >= 0.6 is 0 Å². The lowest BCUT2D eigenvalue weighted by Crippen LogP contribution is -2.28. The third-order valence-electron chi connectivity index (χ3n) is 2.97. The van der Waals surface area contributed by atoms with Gasteiger partial charge in [-0.15, -0.1) is 0 Å². The molecule has 0 spiro atoms. The van der Waals surface area contributed by atoms with Crippen LogP contribution in [-0.4, -0.2) is 38.3 Å². The van der Waals surface area contributed by atoms with Gasteiger partial charge in [-0.1, -0.05) is 6.92 Å². The van der Waals surface area contributed by atoms with E-state index in [0.717, 1.165) is 12.0 Å². The lowest BCUT2D eigenvalue weighted by Gasteiger charge is -2.12. The molecule has 3 N–H and O–H groups in total. The highest BCUT2D eigenvalue weighted by atomic mass is 16.5. The number of ether oxygens (including phenoxy) is 2. The number of methoxy groups -OCH3 is 2. The van der Waals surface area contributed by atoms with Gasteiger partial charge in [0.2, 0.25) is 11.7 Å². The Kier molecular flexibility index (Phi) is 7.39. The van der Waals surface area contributed by atoms with Crippen molar-refractivity contribution >= 4 is 5.91 Å². The number of phenolic OH excluding ortho intramolecular Hbond substituents is 1. The highest BCUT2D eigenvalue weighted by molar-refractivity contribution is 5.75. The first-order valence-corrected chi connectivity index (χ1v) is 7.03. The van der Waals surface area contributed by atoms with Gasteiger partial charge in [0.15, 0.2) is 11.5 Å². The molecule has 0 saturated heterocycles. The van der Waals surface area contributed by atoms with Crippen LogP contribution < -0.4 is 20.1 Å². The largest absolute Gasteiger partial charge is 0.502 e. The minimum Gasteiger partial charge on any atom is -0.502 e. The molecule has 0 atom stereocenters. The van der Waals surface area contributed by atoms with Gasteiger partial charge >= 0.3 is 0 Å². The van der Waals surface area contributed by atoms with Gasteiger partial charge in [-0.3, -0.25) is 4.79 Å². The number of amides is 1. The molecule has 21 heavy (non-hydrogen) atoms. The van der Waals surface area contributed by atoms with E-state index in [4.69, 9.17) is 9.47 Å². The van der Waals surface area contributed by atoms with Crippen molar-refractivity contribution in [1.29, 1.82) is 0 Å². The van der Waals surface area contributed by atoms with Crippen LogP contribution in [0, 0.1) is 0 Å². The minimum absolute atomic E-state index is 0.0114. The van der Waals surface area contributed by atoms with E-state index >= 15 is 0 Å². The highest BCUT2D eigenvalue weighted by Gasteiger charge is 2.11. The molecule has 0 aromatic heterocycles. The quantitative estimate of drug-likeness (QED) is 0.601. The molecule has 0 bridgehead atoms. The van der Waals surface area contributed by atoms with Gasteiger partial charge in [0.25, 0.3) is 0 Å². The number of benzene rings is 1. The Bertz CT molecular complexity index is 438. The number of rotatable bonds is 9. The molecule has 0 fully saturated rings. The molecule has 0 saturated carbocycles. The number of aromatic hydroxyl groups is 1. The number of phenols is 1. The Morgan fingerprint density at radius 3 is 2.33 bits per heavy atom. The third-order valence-corrected chi connectivity index (χ3v) is 2.97. The molecule has 6 nitrogen and oxygen atoms in total. The first-order valence-electron chi connectivity index (χ1n) is 7.03. The van der Waals surface area contributed by atoms with Crippen molar-refractivity contribution in [2.45, 2.75) is 26.3 Å². The van der Waals surface area contributed by atoms with Crippen LogP contribution in [0.3, 0.4) is 0 Å². The van der Waals surface area contributed by atoms with Crippen LogP contribution in [-0.2, 0) is 11.3 Å². The van der Waals surface area contributed by atoms with E-state index in [0.29, 0.717) is 37.6 Å². The zero-order valence-electron chi connectivity index (χ0n) is 12.9. The van der Waals surface area contributed by atoms with Gasteiger partial charge in [-0.25, -0.2) is 0 Å². The first kappa shape index (κ1) is 17.1. The Morgan fingerprint density at radius 2 is 1.81 bits per heavy atom. The van der Waals surface area contributed by atoms with E-state index in [1.54, 1.807) is 12.1 Å². The molecule has 1 aromatic rings. The van der Waals surface area contributed by atoms with E-state index in [1.165, 1.54) is 14.2 Å². The molecular weight excluding hydrogens is 272 g/mol. The number of hydrogen-bond acceptors (Lipinski definition) is 5. The number of hydrogen-bond donors (Lipinski definition) is 3. The summed E-state index contributed by atoms with van der Waals surface area (Å²) in [6.07, 6.45) is 1.37. The maximum atomic E-state index is 11.4. The summed E-state index contributed by atoms with van der Waals surface area (Å²) in [5, 5.41) is 15.8. The summed E-state index contributed by atoms with van der Waals surface area (Å²) < 4.78 is 10.2. The molecule has 6 heteroatoms. The Balaban J connectivity index is 2.47. The van der Waals surface area contributed by atoms with Crippen LogP contribution in [0.25, 0.3) is 0 Å². The average Bonchev–Trinajstić information content (AvgIpc) is 2.50. The van der Waals surface area contributed by atoms with Gasteiger partial charge in [0.05, 0.1) is 14.2 Å². The van der Waals surface area contributed by atoms with E-state index in [2.05, 4.69) is 10.6 Å². The van der Waals surface area contributed by atoms with Crippen molar-refractivity contribution in [2.24, 2.45) is 0 Å². The monoisotopic (exact) mass is 296 g/mol.